The van der Waals surface area contributed by atoms with E-state index in [0.29, 0.717) is 20.5 Å². The number of fused-ring (bicyclic) bond motifs is 2. The van der Waals surface area contributed by atoms with Crippen LogP contribution in [0, 0.1) is 0 Å². The Morgan fingerprint density at radius 3 is 2.82 bits per heavy atom. The maximum atomic E-state index is 12.2. The summed E-state index contributed by atoms with van der Waals surface area (Å²) in [7, 11) is -5.09. The van der Waals surface area contributed by atoms with Crippen molar-refractivity contribution in [3.05, 3.63) is 22.2 Å². The van der Waals surface area contributed by atoms with E-state index in [-0.39, 0.29) is 19.6 Å². The number of alkyl carbamates (subject to hydrolysis) is 1. The highest BCUT2D eigenvalue weighted by Gasteiger charge is 2.44. The van der Waals surface area contributed by atoms with Crippen LogP contribution in [0.5, 0.6) is 0 Å². The van der Waals surface area contributed by atoms with Gasteiger partial charge in [0.25, 0.3) is 0 Å². The van der Waals surface area contributed by atoms with Gasteiger partial charge in [-0.1, -0.05) is 6.08 Å². The minimum absolute atomic E-state index is 0.151. The molecule has 1 fully saturated rings. The lowest BCUT2D eigenvalue weighted by Crippen LogP contribution is -2.36. The zero-order valence-corrected chi connectivity index (χ0v) is 17.0. The molecule has 28 heavy (non-hydrogen) atoms. The molecule has 1 N–H and O–H groups in total. The van der Waals surface area contributed by atoms with Gasteiger partial charge in [-0.15, -0.1) is 11.3 Å². The number of carbonyl (C=O) groups is 2. The van der Waals surface area contributed by atoms with Gasteiger partial charge < -0.3 is 19.5 Å². The van der Waals surface area contributed by atoms with Gasteiger partial charge in [0.05, 0.1) is 18.0 Å². The van der Waals surface area contributed by atoms with Crippen molar-refractivity contribution in [3.63, 3.8) is 0 Å². The predicted molar refractivity (Wildman–Crippen MR) is 96.5 cm³/mol. The van der Waals surface area contributed by atoms with Crippen molar-refractivity contribution in [2.24, 2.45) is 0 Å². The molecule has 2 bridgehead atoms. The summed E-state index contributed by atoms with van der Waals surface area (Å²) in [4.78, 5) is 30.2. The number of carbonyl (C=O) groups excluding carboxylic acids is 2. The number of thiazole rings is 1. The Balaban J connectivity index is 1.70. The topological polar surface area (TPSA) is 141 Å². The third-order valence-electron chi connectivity index (χ3n) is 3.82. The molecule has 1 atom stereocenters. The molecular formula is C15H19N4O7S2-. The number of hydrogen-bond acceptors (Lipinski definition) is 9. The number of hydroxylamine groups is 2. The smallest absolute Gasteiger partial charge is 0.408 e. The molecule has 1 saturated heterocycles. The van der Waals surface area contributed by atoms with Crippen LogP contribution in [0.15, 0.2) is 12.3 Å². The maximum Gasteiger partial charge on any atom is 0.408 e. The summed E-state index contributed by atoms with van der Waals surface area (Å²) in [5, 5.41) is 3.78. The first-order valence-corrected chi connectivity index (χ1v) is 10.4. The monoisotopic (exact) mass is 431 g/mol. The standard InChI is InChI=1S/C15H20N4O7S2/c1-15(2,3)25-13(20)17-7-12-16-6-11(27-12)9-4-5-18-8-10(9)19(14(18)21)26-28(22,23)24/h4,6,10H,5,7-8H2,1-3H3,(H,17,20)(H,22,23,24)/p-1. The average Bonchev–Trinajstić information content (AvgIpc) is 3.11. The fourth-order valence-corrected chi connectivity index (χ4v) is 4.10. The molecule has 2 aliphatic rings. The van der Waals surface area contributed by atoms with Gasteiger partial charge in [0, 0.05) is 12.7 Å². The van der Waals surface area contributed by atoms with E-state index in [1.165, 1.54) is 16.2 Å². The minimum atomic E-state index is -5.09. The van der Waals surface area contributed by atoms with Gasteiger partial charge in [-0.2, -0.15) is 9.35 Å². The molecule has 1 aromatic rings. The van der Waals surface area contributed by atoms with E-state index in [1.54, 1.807) is 33.0 Å². The molecule has 13 heteroatoms. The molecule has 0 aliphatic carbocycles. The second kappa shape index (κ2) is 7.31. The Morgan fingerprint density at radius 2 is 2.18 bits per heavy atom. The van der Waals surface area contributed by atoms with E-state index < -0.39 is 34.2 Å². The van der Waals surface area contributed by atoms with Crippen molar-refractivity contribution in [2.75, 3.05) is 13.1 Å². The lowest BCUT2D eigenvalue weighted by Gasteiger charge is -2.24. The molecule has 3 amide bonds. The lowest BCUT2D eigenvalue weighted by atomic mass is 10.0. The molecule has 3 rings (SSSR count). The molecule has 154 valence electrons. The van der Waals surface area contributed by atoms with E-state index >= 15 is 0 Å². The van der Waals surface area contributed by atoms with Gasteiger partial charge in [0.2, 0.25) is 10.4 Å². The number of rotatable bonds is 5. The second-order valence-electron chi connectivity index (χ2n) is 7.15. The molecule has 1 unspecified atom stereocenters. The van der Waals surface area contributed by atoms with E-state index in [1.807, 2.05) is 0 Å². The van der Waals surface area contributed by atoms with Crippen LogP contribution in [0.1, 0.15) is 30.7 Å². The van der Waals surface area contributed by atoms with Crippen LogP contribution in [0.2, 0.25) is 0 Å². The van der Waals surface area contributed by atoms with Gasteiger partial charge in [-0.3, -0.25) is 0 Å². The van der Waals surface area contributed by atoms with E-state index in [9.17, 15) is 22.6 Å². The number of urea groups is 1. The number of ether oxygens (including phenoxy) is 1. The van der Waals surface area contributed by atoms with Crippen molar-refractivity contribution in [3.8, 4) is 0 Å². The van der Waals surface area contributed by atoms with E-state index in [4.69, 9.17) is 4.74 Å². The summed E-state index contributed by atoms with van der Waals surface area (Å²) in [6.45, 7) is 5.87. The van der Waals surface area contributed by atoms with Crippen LogP contribution >= 0.6 is 11.3 Å². The first kappa shape index (κ1) is 20.5. The molecular weight excluding hydrogens is 412 g/mol. The van der Waals surface area contributed by atoms with Gasteiger partial charge in [0.1, 0.15) is 16.7 Å². The van der Waals surface area contributed by atoms with Gasteiger partial charge in [0.15, 0.2) is 0 Å². The van der Waals surface area contributed by atoms with Crippen molar-refractivity contribution in [1.82, 2.24) is 20.3 Å². The van der Waals surface area contributed by atoms with Crippen LogP contribution in [0.25, 0.3) is 5.57 Å². The Kier molecular flexibility index (Phi) is 5.36. The average molecular weight is 431 g/mol. The molecule has 0 spiro atoms. The number of nitrogens with zero attached hydrogens (tertiary/aromatic N) is 3. The van der Waals surface area contributed by atoms with Gasteiger partial charge in [-0.25, -0.2) is 23.0 Å². The lowest BCUT2D eigenvalue weighted by molar-refractivity contribution is -0.0171. The summed E-state index contributed by atoms with van der Waals surface area (Å²) in [5.41, 5.74) is 0.0175. The van der Waals surface area contributed by atoms with Crippen LogP contribution in [-0.4, -0.2) is 64.8 Å². The number of amides is 3. The third kappa shape index (κ3) is 4.79. The fourth-order valence-electron chi connectivity index (χ4n) is 2.79. The van der Waals surface area contributed by atoms with Crippen LogP contribution in [0.4, 0.5) is 9.59 Å². The van der Waals surface area contributed by atoms with Crippen molar-refractivity contribution in [2.45, 2.75) is 39.0 Å². The summed E-state index contributed by atoms with van der Waals surface area (Å²) in [5.74, 6) is 0. The Labute approximate surface area is 165 Å². The fraction of sp³-hybridized carbons (Fsp3) is 0.533. The Bertz CT molecular complexity index is 919. The highest BCUT2D eigenvalue weighted by Crippen LogP contribution is 2.35. The van der Waals surface area contributed by atoms with Crippen LogP contribution in [0.3, 0.4) is 0 Å². The van der Waals surface area contributed by atoms with Crippen molar-refractivity contribution < 1.29 is 31.6 Å². The molecule has 1 aromatic heterocycles. The SMILES string of the molecule is CC(C)(C)OC(=O)NCc1ncc(C2=CCN3CC2N(OS(=O)(=O)[O-])C3=O)s1. The third-order valence-corrected chi connectivity index (χ3v) is 5.21. The molecule has 0 saturated carbocycles. The minimum Gasteiger partial charge on any atom is -0.724 e. The van der Waals surface area contributed by atoms with Crippen LogP contribution in [-0.2, 0) is 26.0 Å². The molecule has 3 heterocycles. The number of hydrogen-bond donors (Lipinski definition) is 1. The second-order valence-corrected chi connectivity index (χ2v) is 9.23. The van der Waals surface area contributed by atoms with E-state index in [2.05, 4.69) is 14.6 Å². The van der Waals surface area contributed by atoms with E-state index in [0.717, 1.165) is 0 Å². The zero-order valence-electron chi connectivity index (χ0n) is 15.4. The molecule has 11 nitrogen and oxygen atoms in total. The number of aromatic nitrogens is 1. The Hall–Kier alpha value is -2.22. The highest BCUT2D eigenvalue weighted by molar-refractivity contribution is 7.80. The first-order chi connectivity index (χ1) is 12.9. The van der Waals surface area contributed by atoms with Crippen LogP contribution < -0.4 is 5.32 Å². The summed E-state index contributed by atoms with van der Waals surface area (Å²) < 4.78 is 42.3. The van der Waals surface area contributed by atoms with Gasteiger partial charge >= 0.3 is 12.1 Å². The zero-order chi connectivity index (χ0) is 20.7. The maximum absolute atomic E-state index is 12.2. The normalized spacial score (nSPS) is 19.6. The summed E-state index contributed by atoms with van der Waals surface area (Å²) in [6, 6.07) is -1.43. The van der Waals surface area contributed by atoms with Crippen molar-refractivity contribution >= 4 is 39.4 Å². The number of nitrogens with one attached hydrogen (secondary N) is 1. The molecule has 2 aliphatic heterocycles. The largest absolute Gasteiger partial charge is 0.724 e. The summed E-state index contributed by atoms with van der Waals surface area (Å²) >= 11 is 1.27. The quantitative estimate of drug-likeness (QED) is 0.539. The Morgan fingerprint density at radius 1 is 1.46 bits per heavy atom. The predicted octanol–water partition coefficient (Wildman–Crippen LogP) is 1.06. The van der Waals surface area contributed by atoms with Gasteiger partial charge in [-0.05, 0) is 26.3 Å². The summed E-state index contributed by atoms with van der Waals surface area (Å²) in [6.07, 6.45) is 2.74. The molecule has 0 aromatic carbocycles. The van der Waals surface area contributed by atoms with Crippen molar-refractivity contribution in [1.29, 1.82) is 0 Å². The first-order valence-electron chi connectivity index (χ1n) is 8.28. The highest BCUT2D eigenvalue weighted by atomic mass is 32.3. The molecule has 0 radical (unpaired) electrons.